The Balaban J connectivity index is 2.26. The number of pyridine rings is 1. The SMILES string of the molecule is NS(=O)(=O)c1cccnc1NC1C=CCCC1. The third-order valence-corrected chi connectivity index (χ3v) is 3.60. The zero-order valence-corrected chi connectivity index (χ0v) is 10.2. The number of primary sulfonamides is 1. The molecule has 0 radical (unpaired) electrons. The number of hydrogen-bond donors (Lipinski definition) is 2. The molecule has 0 saturated heterocycles. The van der Waals surface area contributed by atoms with Crippen LogP contribution in [0.15, 0.2) is 35.4 Å². The molecule has 0 amide bonds. The van der Waals surface area contributed by atoms with Crippen molar-refractivity contribution < 1.29 is 8.42 Å². The predicted molar refractivity (Wildman–Crippen MR) is 66.0 cm³/mol. The zero-order chi connectivity index (χ0) is 12.3. The van der Waals surface area contributed by atoms with Crippen LogP contribution in [0, 0.1) is 0 Å². The van der Waals surface area contributed by atoms with Crippen LogP contribution < -0.4 is 10.5 Å². The molecule has 6 heteroatoms. The van der Waals surface area contributed by atoms with E-state index >= 15 is 0 Å². The van der Waals surface area contributed by atoms with Crippen LogP contribution in [-0.4, -0.2) is 19.4 Å². The van der Waals surface area contributed by atoms with Crippen LogP contribution in [0.3, 0.4) is 0 Å². The van der Waals surface area contributed by atoms with Crippen LogP contribution in [0.5, 0.6) is 0 Å². The van der Waals surface area contributed by atoms with Crippen molar-refractivity contribution in [3.05, 3.63) is 30.5 Å². The number of sulfonamides is 1. The lowest BCUT2D eigenvalue weighted by Crippen LogP contribution is -2.22. The minimum atomic E-state index is -3.73. The van der Waals surface area contributed by atoms with E-state index in [4.69, 9.17) is 5.14 Å². The number of nitrogens with two attached hydrogens (primary N) is 1. The Morgan fingerprint density at radius 3 is 2.94 bits per heavy atom. The number of allylic oxidation sites excluding steroid dienone is 1. The van der Waals surface area contributed by atoms with Gasteiger partial charge in [0.1, 0.15) is 10.7 Å². The molecule has 0 saturated carbocycles. The Kier molecular flexibility index (Phi) is 3.44. The first-order valence-electron chi connectivity index (χ1n) is 5.48. The number of nitrogens with one attached hydrogen (secondary N) is 1. The van der Waals surface area contributed by atoms with Crippen molar-refractivity contribution >= 4 is 15.8 Å². The summed E-state index contributed by atoms with van der Waals surface area (Å²) in [4.78, 5) is 4.08. The Bertz CT molecular complexity index is 525. The number of aromatic nitrogens is 1. The molecule has 1 aromatic heterocycles. The Hall–Kier alpha value is -1.40. The van der Waals surface area contributed by atoms with Crippen LogP contribution >= 0.6 is 0 Å². The summed E-state index contributed by atoms with van der Waals surface area (Å²) in [5.41, 5.74) is 0. The highest BCUT2D eigenvalue weighted by molar-refractivity contribution is 7.89. The van der Waals surface area contributed by atoms with Crippen LogP contribution in [0.4, 0.5) is 5.82 Å². The molecule has 1 heterocycles. The molecular formula is C11H15N3O2S. The minimum absolute atomic E-state index is 0.0407. The van der Waals surface area contributed by atoms with Gasteiger partial charge in [-0.25, -0.2) is 18.5 Å². The average Bonchev–Trinajstić information content (AvgIpc) is 2.30. The van der Waals surface area contributed by atoms with Gasteiger partial charge >= 0.3 is 0 Å². The van der Waals surface area contributed by atoms with Gasteiger partial charge in [0.15, 0.2) is 0 Å². The lowest BCUT2D eigenvalue weighted by Gasteiger charge is -2.19. The van der Waals surface area contributed by atoms with E-state index in [0.717, 1.165) is 19.3 Å². The zero-order valence-electron chi connectivity index (χ0n) is 9.33. The topological polar surface area (TPSA) is 85.1 Å². The third kappa shape index (κ3) is 3.04. The largest absolute Gasteiger partial charge is 0.363 e. The highest BCUT2D eigenvalue weighted by Gasteiger charge is 2.17. The second-order valence-electron chi connectivity index (χ2n) is 4.01. The molecule has 0 fully saturated rings. The van der Waals surface area contributed by atoms with E-state index in [1.165, 1.54) is 6.07 Å². The van der Waals surface area contributed by atoms with Crippen molar-refractivity contribution in [2.24, 2.45) is 5.14 Å². The van der Waals surface area contributed by atoms with Gasteiger partial charge in [0.25, 0.3) is 0 Å². The van der Waals surface area contributed by atoms with Gasteiger partial charge in [-0.05, 0) is 31.4 Å². The summed E-state index contributed by atoms with van der Waals surface area (Å²) in [6.45, 7) is 0. The second-order valence-corrected chi connectivity index (χ2v) is 5.53. The Morgan fingerprint density at radius 2 is 2.29 bits per heavy atom. The van der Waals surface area contributed by atoms with Crippen molar-refractivity contribution in [3.8, 4) is 0 Å². The summed E-state index contributed by atoms with van der Waals surface area (Å²) in [6, 6.07) is 3.14. The van der Waals surface area contributed by atoms with Crippen LogP contribution in [0.1, 0.15) is 19.3 Å². The molecule has 2 rings (SSSR count). The number of hydrogen-bond acceptors (Lipinski definition) is 4. The molecule has 0 spiro atoms. The van der Waals surface area contributed by atoms with Gasteiger partial charge in [-0.15, -0.1) is 0 Å². The monoisotopic (exact) mass is 253 g/mol. The Labute approximate surface area is 101 Å². The van der Waals surface area contributed by atoms with Crippen LogP contribution in [-0.2, 0) is 10.0 Å². The van der Waals surface area contributed by atoms with Gasteiger partial charge in [0, 0.05) is 12.2 Å². The van der Waals surface area contributed by atoms with E-state index in [-0.39, 0.29) is 10.9 Å². The van der Waals surface area contributed by atoms with E-state index in [9.17, 15) is 8.42 Å². The molecule has 1 aromatic rings. The number of rotatable bonds is 3. The van der Waals surface area contributed by atoms with E-state index in [0.29, 0.717) is 5.82 Å². The van der Waals surface area contributed by atoms with Gasteiger partial charge in [0.05, 0.1) is 0 Å². The highest BCUT2D eigenvalue weighted by Crippen LogP contribution is 2.20. The highest BCUT2D eigenvalue weighted by atomic mass is 32.2. The van der Waals surface area contributed by atoms with Gasteiger partial charge in [-0.2, -0.15) is 0 Å². The standard InChI is InChI=1S/C11H15N3O2S/c12-17(15,16)10-7-4-8-13-11(10)14-9-5-2-1-3-6-9/h2,4-5,7-9H,1,3,6H2,(H,13,14)(H2,12,15,16). The van der Waals surface area contributed by atoms with E-state index in [2.05, 4.69) is 16.4 Å². The molecule has 92 valence electrons. The van der Waals surface area contributed by atoms with Gasteiger partial charge in [0.2, 0.25) is 10.0 Å². The predicted octanol–water partition coefficient (Wildman–Crippen LogP) is 1.25. The molecule has 3 N–H and O–H groups in total. The fourth-order valence-electron chi connectivity index (χ4n) is 1.84. The summed E-state index contributed by atoms with van der Waals surface area (Å²) in [7, 11) is -3.73. The summed E-state index contributed by atoms with van der Waals surface area (Å²) in [6.07, 6.45) is 8.79. The van der Waals surface area contributed by atoms with Crippen LogP contribution in [0.2, 0.25) is 0 Å². The van der Waals surface area contributed by atoms with E-state index < -0.39 is 10.0 Å². The van der Waals surface area contributed by atoms with Crippen molar-refractivity contribution in [2.75, 3.05) is 5.32 Å². The lowest BCUT2D eigenvalue weighted by atomic mass is 10.0. The van der Waals surface area contributed by atoms with E-state index in [1.54, 1.807) is 12.3 Å². The summed E-state index contributed by atoms with van der Waals surface area (Å²) < 4.78 is 22.8. The maximum atomic E-state index is 11.4. The molecule has 17 heavy (non-hydrogen) atoms. The number of nitrogens with zero attached hydrogens (tertiary/aromatic N) is 1. The summed E-state index contributed by atoms with van der Waals surface area (Å²) in [5, 5.41) is 8.24. The van der Waals surface area contributed by atoms with Crippen molar-refractivity contribution in [1.82, 2.24) is 4.98 Å². The maximum Gasteiger partial charge on any atom is 0.241 e. The van der Waals surface area contributed by atoms with E-state index in [1.807, 2.05) is 6.08 Å². The van der Waals surface area contributed by atoms with Crippen molar-refractivity contribution in [1.29, 1.82) is 0 Å². The summed E-state index contributed by atoms with van der Waals surface area (Å²) >= 11 is 0. The molecule has 1 aliphatic rings. The third-order valence-electron chi connectivity index (χ3n) is 2.65. The second kappa shape index (κ2) is 4.85. The van der Waals surface area contributed by atoms with Gasteiger partial charge < -0.3 is 5.32 Å². The molecule has 1 atom stereocenters. The fourth-order valence-corrected chi connectivity index (χ4v) is 2.49. The molecule has 0 aliphatic heterocycles. The molecule has 0 aromatic carbocycles. The van der Waals surface area contributed by atoms with Crippen LogP contribution in [0.25, 0.3) is 0 Å². The lowest BCUT2D eigenvalue weighted by molar-refractivity contribution is 0.597. The first-order chi connectivity index (χ1) is 8.07. The molecule has 1 aliphatic carbocycles. The maximum absolute atomic E-state index is 11.4. The normalized spacial score (nSPS) is 20.2. The molecule has 0 bridgehead atoms. The van der Waals surface area contributed by atoms with Gasteiger partial charge in [-0.3, -0.25) is 0 Å². The molecule has 5 nitrogen and oxygen atoms in total. The Morgan fingerprint density at radius 1 is 1.47 bits per heavy atom. The van der Waals surface area contributed by atoms with Crippen molar-refractivity contribution in [3.63, 3.8) is 0 Å². The fraction of sp³-hybridized carbons (Fsp3) is 0.364. The first-order valence-corrected chi connectivity index (χ1v) is 7.03. The first kappa shape index (κ1) is 12.1. The minimum Gasteiger partial charge on any atom is -0.363 e. The molecular weight excluding hydrogens is 238 g/mol. The van der Waals surface area contributed by atoms with Crippen molar-refractivity contribution in [2.45, 2.75) is 30.2 Å². The number of anilines is 1. The van der Waals surface area contributed by atoms with Gasteiger partial charge in [-0.1, -0.05) is 12.2 Å². The molecule has 1 unspecified atom stereocenters. The summed E-state index contributed by atoms with van der Waals surface area (Å²) in [5.74, 6) is 0.326. The smallest absolute Gasteiger partial charge is 0.241 e. The quantitative estimate of drug-likeness (QED) is 0.794. The average molecular weight is 253 g/mol.